The molecule has 0 saturated heterocycles. The molecule has 3 atom stereocenters. The van der Waals surface area contributed by atoms with Gasteiger partial charge < -0.3 is 0 Å². The molecule has 1 aliphatic carbocycles. The fourth-order valence-corrected chi connectivity index (χ4v) is 3.96. The van der Waals surface area contributed by atoms with Crippen molar-refractivity contribution in [3.05, 3.63) is 24.8 Å². The van der Waals surface area contributed by atoms with Crippen LogP contribution in [0.25, 0.3) is 0 Å². The largest absolute Gasteiger partial charge is 0.124 e. The van der Waals surface area contributed by atoms with E-state index >= 15 is 0 Å². The van der Waals surface area contributed by atoms with Crippen LogP contribution < -0.4 is 0 Å². The summed E-state index contributed by atoms with van der Waals surface area (Å²) in [4.78, 5) is 0. The monoisotopic (exact) mass is 374 g/mol. The molecular formula is C27H50. The SMILES string of the molecule is C#C.C=CC1[C@H](C)CC(=C)[C@@H]1CCCCCCC.CCCCC(C)(C)CC. The highest BCUT2D eigenvalue weighted by Gasteiger charge is 2.33. The van der Waals surface area contributed by atoms with Gasteiger partial charge in [-0.3, -0.25) is 0 Å². The molecule has 27 heavy (non-hydrogen) atoms. The van der Waals surface area contributed by atoms with Crippen LogP contribution in [-0.2, 0) is 0 Å². The second-order valence-electron chi connectivity index (χ2n) is 9.08. The number of allylic oxidation sites excluding steroid dienone is 2. The Hall–Kier alpha value is -0.960. The van der Waals surface area contributed by atoms with E-state index in [2.05, 4.69) is 73.6 Å². The molecule has 0 aromatic rings. The molecule has 1 unspecified atom stereocenters. The van der Waals surface area contributed by atoms with Gasteiger partial charge in [0.05, 0.1) is 0 Å². The van der Waals surface area contributed by atoms with Gasteiger partial charge in [0, 0.05) is 0 Å². The average molecular weight is 375 g/mol. The molecule has 0 amide bonds. The summed E-state index contributed by atoms with van der Waals surface area (Å²) < 4.78 is 0. The van der Waals surface area contributed by atoms with Crippen molar-refractivity contribution in [2.45, 2.75) is 112 Å². The summed E-state index contributed by atoms with van der Waals surface area (Å²) in [6.45, 7) is 22.1. The van der Waals surface area contributed by atoms with E-state index in [0.29, 0.717) is 11.3 Å². The van der Waals surface area contributed by atoms with Crippen LogP contribution in [0.1, 0.15) is 112 Å². The average Bonchev–Trinajstić information content (AvgIpc) is 2.94. The molecule has 1 rings (SSSR count). The van der Waals surface area contributed by atoms with Crippen LogP contribution in [0.2, 0.25) is 0 Å². The minimum atomic E-state index is 0.593. The van der Waals surface area contributed by atoms with Crippen LogP contribution in [0.15, 0.2) is 24.8 Å². The number of terminal acetylenes is 1. The first-order valence-electron chi connectivity index (χ1n) is 11.5. The van der Waals surface area contributed by atoms with E-state index in [1.807, 2.05) is 0 Å². The topological polar surface area (TPSA) is 0 Å². The van der Waals surface area contributed by atoms with E-state index in [1.165, 1.54) is 76.2 Å². The van der Waals surface area contributed by atoms with E-state index in [4.69, 9.17) is 0 Å². The number of hydrogen-bond acceptors (Lipinski definition) is 0. The van der Waals surface area contributed by atoms with Gasteiger partial charge in [0.25, 0.3) is 0 Å². The normalized spacial score (nSPS) is 21.6. The second-order valence-corrected chi connectivity index (χ2v) is 9.08. The Bertz CT molecular complexity index is 384. The molecule has 0 radical (unpaired) electrons. The molecule has 0 N–H and O–H groups in total. The quantitative estimate of drug-likeness (QED) is 0.192. The standard InChI is InChI=1S/C16H28.C9H20.C2H2/c1-5-7-8-9-10-11-16-14(4)12-13(3)15(16)6-2;1-5-7-8-9(3,4)6-2;1-2/h6,13,15-16H,2,4-5,7-12H2,1,3H3;5-8H2,1-4H3;1-2H/t13-,15?,16+;;/m1../s1. The van der Waals surface area contributed by atoms with Crippen LogP contribution >= 0.6 is 0 Å². The van der Waals surface area contributed by atoms with Crippen LogP contribution in [-0.4, -0.2) is 0 Å². The summed E-state index contributed by atoms with van der Waals surface area (Å²) >= 11 is 0. The van der Waals surface area contributed by atoms with E-state index in [-0.39, 0.29) is 0 Å². The third-order valence-electron chi connectivity index (χ3n) is 6.29. The highest BCUT2D eigenvalue weighted by Crippen LogP contribution is 2.43. The van der Waals surface area contributed by atoms with Crippen molar-refractivity contribution in [2.75, 3.05) is 0 Å². The number of rotatable bonds is 11. The predicted octanol–water partition coefficient (Wildman–Crippen LogP) is 9.22. The van der Waals surface area contributed by atoms with Gasteiger partial charge in [0.2, 0.25) is 0 Å². The summed E-state index contributed by atoms with van der Waals surface area (Å²) in [6.07, 6.45) is 25.1. The molecule has 0 bridgehead atoms. The Balaban J connectivity index is 0. The molecule has 0 aromatic carbocycles. The Morgan fingerprint density at radius 3 is 2.04 bits per heavy atom. The van der Waals surface area contributed by atoms with Crippen molar-refractivity contribution in [1.29, 1.82) is 0 Å². The van der Waals surface area contributed by atoms with E-state index in [9.17, 15) is 0 Å². The third kappa shape index (κ3) is 12.9. The van der Waals surface area contributed by atoms with Gasteiger partial charge in [-0.05, 0) is 42.4 Å². The van der Waals surface area contributed by atoms with Gasteiger partial charge in [0.15, 0.2) is 0 Å². The van der Waals surface area contributed by atoms with E-state index in [1.54, 1.807) is 0 Å². The van der Waals surface area contributed by atoms with Crippen molar-refractivity contribution in [2.24, 2.45) is 23.2 Å². The molecular weight excluding hydrogens is 324 g/mol. The fourth-order valence-electron chi connectivity index (χ4n) is 3.96. The van der Waals surface area contributed by atoms with Gasteiger partial charge in [-0.1, -0.05) is 111 Å². The Labute approximate surface area is 173 Å². The first kappa shape index (κ1) is 28.3. The summed E-state index contributed by atoms with van der Waals surface area (Å²) in [7, 11) is 0. The maximum absolute atomic E-state index is 4.25. The molecule has 1 fully saturated rings. The Morgan fingerprint density at radius 2 is 1.56 bits per heavy atom. The molecule has 1 aliphatic rings. The molecule has 0 aromatic heterocycles. The molecule has 0 aliphatic heterocycles. The van der Waals surface area contributed by atoms with Crippen LogP contribution in [0, 0.1) is 36.0 Å². The molecule has 0 heteroatoms. The Kier molecular flexibility index (Phi) is 18.0. The number of hydrogen-bond donors (Lipinski definition) is 0. The second kappa shape index (κ2) is 17.2. The lowest BCUT2D eigenvalue weighted by Gasteiger charge is -2.21. The van der Waals surface area contributed by atoms with Gasteiger partial charge >= 0.3 is 0 Å². The molecule has 1 saturated carbocycles. The van der Waals surface area contributed by atoms with Gasteiger partial charge in [0.1, 0.15) is 0 Å². The zero-order chi connectivity index (χ0) is 21.3. The first-order chi connectivity index (χ1) is 12.8. The predicted molar refractivity (Wildman–Crippen MR) is 127 cm³/mol. The molecule has 0 spiro atoms. The van der Waals surface area contributed by atoms with Crippen molar-refractivity contribution in [3.8, 4) is 12.8 Å². The zero-order valence-electron chi connectivity index (χ0n) is 19.7. The van der Waals surface area contributed by atoms with Gasteiger partial charge in [-0.25, -0.2) is 0 Å². The third-order valence-corrected chi connectivity index (χ3v) is 6.29. The highest BCUT2D eigenvalue weighted by atomic mass is 14.4. The summed E-state index contributed by atoms with van der Waals surface area (Å²) in [5, 5.41) is 0. The highest BCUT2D eigenvalue weighted by molar-refractivity contribution is 5.14. The van der Waals surface area contributed by atoms with Crippen LogP contribution in [0.4, 0.5) is 0 Å². The van der Waals surface area contributed by atoms with Crippen molar-refractivity contribution >= 4 is 0 Å². The van der Waals surface area contributed by atoms with Gasteiger partial charge in [-0.15, -0.1) is 19.4 Å². The fraction of sp³-hybridized carbons (Fsp3) is 0.778. The molecule has 0 nitrogen and oxygen atoms in total. The molecule has 0 heterocycles. The molecule has 158 valence electrons. The first-order valence-corrected chi connectivity index (χ1v) is 11.5. The minimum Gasteiger partial charge on any atom is -0.124 e. The lowest BCUT2D eigenvalue weighted by Crippen LogP contribution is -2.10. The minimum absolute atomic E-state index is 0.593. The lowest BCUT2D eigenvalue weighted by molar-refractivity contribution is 0.311. The number of unbranched alkanes of at least 4 members (excludes halogenated alkanes) is 5. The van der Waals surface area contributed by atoms with Crippen LogP contribution in [0.5, 0.6) is 0 Å². The van der Waals surface area contributed by atoms with Crippen molar-refractivity contribution < 1.29 is 0 Å². The maximum atomic E-state index is 4.25. The van der Waals surface area contributed by atoms with Crippen molar-refractivity contribution in [3.63, 3.8) is 0 Å². The smallest absolute Gasteiger partial charge is 0.0140 e. The lowest BCUT2D eigenvalue weighted by atomic mass is 9.85. The Morgan fingerprint density at radius 1 is 1.00 bits per heavy atom. The zero-order valence-corrected chi connectivity index (χ0v) is 19.7. The van der Waals surface area contributed by atoms with Gasteiger partial charge in [-0.2, -0.15) is 0 Å². The van der Waals surface area contributed by atoms with E-state index < -0.39 is 0 Å². The van der Waals surface area contributed by atoms with E-state index in [0.717, 1.165) is 11.8 Å². The van der Waals surface area contributed by atoms with Crippen LogP contribution in [0.3, 0.4) is 0 Å². The summed E-state index contributed by atoms with van der Waals surface area (Å²) in [6, 6.07) is 0. The maximum Gasteiger partial charge on any atom is -0.0140 e. The summed E-state index contributed by atoms with van der Waals surface area (Å²) in [5.41, 5.74) is 2.07. The summed E-state index contributed by atoms with van der Waals surface area (Å²) in [5.74, 6) is 2.19. The van der Waals surface area contributed by atoms with Crippen molar-refractivity contribution in [1.82, 2.24) is 0 Å².